The summed E-state index contributed by atoms with van der Waals surface area (Å²) in [6, 6.07) is 12.5. The van der Waals surface area contributed by atoms with Gasteiger partial charge in [0.15, 0.2) is 0 Å². The average Bonchev–Trinajstić information content (AvgIpc) is 2.78. The molecule has 0 amide bonds. The molecule has 0 aliphatic carbocycles. The molecule has 1 nitrogen and oxygen atoms in total. The molecule has 1 N–H and O–H groups in total. The fraction of sp³-hybridized carbons (Fsp3) is 0.333. The molecule has 0 bridgehead atoms. The lowest BCUT2D eigenvalue weighted by Gasteiger charge is -2.16. The fourth-order valence-corrected chi connectivity index (χ4v) is 3.93. The zero-order chi connectivity index (χ0) is 13.7. The summed E-state index contributed by atoms with van der Waals surface area (Å²) in [4.78, 5) is 1.43. The lowest BCUT2D eigenvalue weighted by Crippen LogP contribution is -2.22. The van der Waals surface area contributed by atoms with Crippen molar-refractivity contribution in [1.29, 1.82) is 0 Å². The molecule has 1 unspecified atom stereocenters. The molecule has 1 aromatic carbocycles. The maximum absolute atomic E-state index is 5.93. The molecule has 0 spiro atoms. The van der Waals surface area contributed by atoms with Gasteiger partial charge in [0.05, 0.1) is 3.79 Å². The van der Waals surface area contributed by atoms with E-state index in [0.29, 0.717) is 5.92 Å². The predicted molar refractivity (Wildman–Crippen MR) is 88.3 cm³/mol. The van der Waals surface area contributed by atoms with Crippen LogP contribution in [0.1, 0.15) is 10.4 Å². The van der Waals surface area contributed by atoms with Crippen molar-refractivity contribution in [3.63, 3.8) is 0 Å². The lowest BCUT2D eigenvalue weighted by atomic mass is 9.95. The van der Waals surface area contributed by atoms with E-state index in [2.05, 4.69) is 45.5 Å². The SMILES string of the molecule is CNCC(Cc1ccc(Cl)cc1)Cc1ccc(Br)s1. The van der Waals surface area contributed by atoms with Crippen molar-refractivity contribution in [2.45, 2.75) is 12.8 Å². The van der Waals surface area contributed by atoms with E-state index in [1.807, 2.05) is 30.5 Å². The van der Waals surface area contributed by atoms with E-state index < -0.39 is 0 Å². The number of nitrogens with one attached hydrogen (secondary N) is 1. The highest BCUT2D eigenvalue weighted by atomic mass is 79.9. The van der Waals surface area contributed by atoms with E-state index in [-0.39, 0.29) is 0 Å². The number of hydrogen-bond acceptors (Lipinski definition) is 2. The van der Waals surface area contributed by atoms with E-state index in [1.54, 1.807) is 0 Å². The molecule has 4 heteroatoms. The van der Waals surface area contributed by atoms with Crippen molar-refractivity contribution in [3.8, 4) is 0 Å². The quantitative estimate of drug-likeness (QED) is 0.783. The monoisotopic (exact) mass is 357 g/mol. The minimum atomic E-state index is 0.608. The minimum Gasteiger partial charge on any atom is -0.319 e. The average molecular weight is 359 g/mol. The van der Waals surface area contributed by atoms with Crippen LogP contribution in [-0.4, -0.2) is 13.6 Å². The molecule has 0 fully saturated rings. The zero-order valence-corrected chi connectivity index (χ0v) is 14.0. The molecule has 19 heavy (non-hydrogen) atoms. The molecule has 102 valence electrons. The van der Waals surface area contributed by atoms with Crippen LogP contribution >= 0.6 is 38.9 Å². The lowest BCUT2D eigenvalue weighted by molar-refractivity contribution is 0.496. The van der Waals surface area contributed by atoms with Crippen molar-refractivity contribution in [2.24, 2.45) is 5.92 Å². The number of hydrogen-bond donors (Lipinski definition) is 1. The second-order valence-electron chi connectivity index (χ2n) is 4.66. The third-order valence-electron chi connectivity index (χ3n) is 3.05. The second kappa shape index (κ2) is 7.44. The van der Waals surface area contributed by atoms with Crippen LogP contribution in [0.3, 0.4) is 0 Å². The molecular formula is C15H17BrClNS. The van der Waals surface area contributed by atoms with Crippen molar-refractivity contribution >= 4 is 38.9 Å². The van der Waals surface area contributed by atoms with Gasteiger partial charge in [0.1, 0.15) is 0 Å². The van der Waals surface area contributed by atoms with Gasteiger partial charge in [0, 0.05) is 9.90 Å². The summed E-state index contributed by atoms with van der Waals surface area (Å²) in [7, 11) is 2.01. The first kappa shape index (κ1) is 15.0. The smallest absolute Gasteiger partial charge is 0.0701 e. The van der Waals surface area contributed by atoms with Gasteiger partial charge >= 0.3 is 0 Å². The van der Waals surface area contributed by atoms with Crippen LogP contribution in [0.5, 0.6) is 0 Å². The van der Waals surface area contributed by atoms with E-state index in [9.17, 15) is 0 Å². The number of benzene rings is 1. The van der Waals surface area contributed by atoms with E-state index in [0.717, 1.165) is 24.4 Å². The maximum atomic E-state index is 5.93. The molecular weight excluding hydrogens is 342 g/mol. The first-order valence-electron chi connectivity index (χ1n) is 6.30. The Kier molecular flexibility index (Phi) is 5.89. The molecule has 0 aliphatic heterocycles. The van der Waals surface area contributed by atoms with Gasteiger partial charge in [-0.05, 0) is 78.1 Å². The largest absolute Gasteiger partial charge is 0.319 e. The second-order valence-corrected chi connectivity index (χ2v) is 7.65. The molecule has 0 radical (unpaired) electrons. The van der Waals surface area contributed by atoms with Gasteiger partial charge < -0.3 is 5.32 Å². The predicted octanol–water partition coefficient (Wildman–Crippen LogP) is 4.78. The Hall–Kier alpha value is -0.350. The van der Waals surface area contributed by atoms with Gasteiger partial charge in [0.2, 0.25) is 0 Å². The standard InChI is InChI=1S/C15H17BrClNS/c1-18-10-12(9-14-6-7-15(16)19-14)8-11-2-4-13(17)5-3-11/h2-7,12,18H,8-10H2,1H3. The summed E-state index contributed by atoms with van der Waals surface area (Å²) in [6.07, 6.45) is 2.19. The first-order valence-corrected chi connectivity index (χ1v) is 8.29. The van der Waals surface area contributed by atoms with Crippen LogP contribution in [-0.2, 0) is 12.8 Å². The van der Waals surface area contributed by atoms with E-state index in [4.69, 9.17) is 11.6 Å². The summed E-state index contributed by atoms with van der Waals surface area (Å²) >= 11 is 11.3. The van der Waals surface area contributed by atoms with Gasteiger partial charge in [-0.2, -0.15) is 0 Å². The Morgan fingerprint density at radius 1 is 1.16 bits per heavy atom. The van der Waals surface area contributed by atoms with Crippen LogP contribution in [0.25, 0.3) is 0 Å². The molecule has 0 aliphatic rings. The van der Waals surface area contributed by atoms with Gasteiger partial charge in [-0.15, -0.1) is 11.3 Å². The van der Waals surface area contributed by atoms with Crippen molar-refractivity contribution < 1.29 is 0 Å². The highest BCUT2D eigenvalue weighted by molar-refractivity contribution is 9.11. The summed E-state index contributed by atoms with van der Waals surface area (Å²) in [5, 5.41) is 4.10. The van der Waals surface area contributed by atoms with Crippen molar-refractivity contribution in [3.05, 3.63) is 55.6 Å². The van der Waals surface area contributed by atoms with Crippen LogP contribution in [0, 0.1) is 5.92 Å². The summed E-state index contributed by atoms with van der Waals surface area (Å²) in [5.41, 5.74) is 1.35. The third-order valence-corrected chi connectivity index (χ3v) is 4.95. The molecule has 1 heterocycles. The Balaban J connectivity index is 2.01. The molecule has 1 atom stereocenters. The van der Waals surface area contributed by atoms with Crippen LogP contribution < -0.4 is 5.32 Å². The summed E-state index contributed by atoms with van der Waals surface area (Å²) in [6.45, 7) is 1.03. The van der Waals surface area contributed by atoms with Gasteiger partial charge in [0.25, 0.3) is 0 Å². The normalized spacial score (nSPS) is 12.6. The first-order chi connectivity index (χ1) is 9.17. The van der Waals surface area contributed by atoms with Gasteiger partial charge in [-0.25, -0.2) is 0 Å². The molecule has 1 aromatic heterocycles. The Morgan fingerprint density at radius 3 is 2.47 bits per heavy atom. The number of thiophene rings is 1. The molecule has 2 rings (SSSR count). The van der Waals surface area contributed by atoms with Crippen molar-refractivity contribution in [2.75, 3.05) is 13.6 Å². The van der Waals surface area contributed by atoms with Gasteiger partial charge in [-0.1, -0.05) is 23.7 Å². The highest BCUT2D eigenvalue weighted by Crippen LogP contribution is 2.25. The number of halogens is 2. The van der Waals surface area contributed by atoms with Crippen LogP contribution in [0.2, 0.25) is 5.02 Å². The fourth-order valence-electron chi connectivity index (χ4n) is 2.20. The third kappa shape index (κ3) is 4.92. The molecule has 0 saturated heterocycles. The molecule has 0 saturated carbocycles. The Labute approximate surface area is 132 Å². The molecule has 2 aromatic rings. The van der Waals surface area contributed by atoms with Crippen LogP contribution in [0.15, 0.2) is 40.2 Å². The highest BCUT2D eigenvalue weighted by Gasteiger charge is 2.11. The maximum Gasteiger partial charge on any atom is 0.0701 e. The van der Waals surface area contributed by atoms with Crippen molar-refractivity contribution in [1.82, 2.24) is 5.32 Å². The van der Waals surface area contributed by atoms with Crippen LogP contribution in [0.4, 0.5) is 0 Å². The minimum absolute atomic E-state index is 0.608. The topological polar surface area (TPSA) is 12.0 Å². The van der Waals surface area contributed by atoms with E-state index >= 15 is 0 Å². The summed E-state index contributed by atoms with van der Waals surface area (Å²) in [5.74, 6) is 0.608. The van der Waals surface area contributed by atoms with Gasteiger partial charge in [-0.3, -0.25) is 0 Å². The Morgan fingerprint density at radius 2 is 1.89 bits per heavy atom. The summed E-state index contributed by atoms with van der Waals surface area (Å²) < 4.78 is 1.21. The Bertz CT molecular complexity index is 509. The number of rotatable bonds is 6. The zero-order valence-electron chi connectivity index (χ0n) is 10.8. The van der Waals surface area contributed by atoms with E-state index in [1.165, 1.54) is 14.2 Å².